The molecule has 0 radical (unpaired) electrons. The molecule has 4 nitrogen and oxygen atoms in total. The van der Waals surface area contributed by atoms with E-state index in [2.05, 4.69) is 10.2 Å². The number of nitrogens with one attached hydrogen (secondary N) is 1. The van der Waals surface area contributed by atoms with Crippen LogP contribution in [-0.4, -0.2) is 30.6 Å². The van der Waals surface area contributed by atoms with Gasteiger partial charge in [0, 0.05) is 38.0 Å². The Morgan fingerprint density at radius 3 is 2.72 bits per heavy atom. The molecular formula is C20H21FN2O2. The number of hydrogen-bond donors (Lipinski definition) is 1. The molecule has 2 aromatic rings. The van der Waals surface area contributed by atoms with E-state index in [1.54, 1.807) is 12.1 Å². The predicted octanol–water partition coefficient (Wildman–Crippen LogP) is 3.92. The minimum Gasteiger partial charge on any atom is -0.438 e. The zero-order valence-corrected chi connectivity index (χ0v) is 14.0. The quantitative estimate of drug-likeness (QED) is 0.921. The number of carbonyl (C=O) groups is 1. The first-order valence-corrected chi connectivity index (χ1v) is 8.71. The van der Waals surface area contributed by atoms with E-state index in [4.69, 9.17) is 4.74 Å². The minimum absolute atomic E-state index is 0.187. The lowest BCUT2D eigenvalue weighted by atomic mass is 9.82. The highest BCUT2D eigenvalue weighted by atomic mass is 19.1. The van der Waals surface area contributed by atoms with Gasteiger partial charge in [0.1, 0.15) is 11.4 Å². The first-order chi connectivity index (χ1) is 12.1. The summed E-state index contributed by atoms with van der Waals surface area (Å²) in [5.74, 6) is -0.187. The van der Waals surface area contributed by atoms with E-state index in [0.717, 1.165) is 55.7 Å². The van der Waals surface area contributed by atoms with E-state index in [0.29, 0.717) is 0 Å². The van der Waals surface area contributed by atoms with Crippen molar-refractivity contribution in [2.75, 3.05) is 25.0 Å². The maximum atomic E-state index is 13.3. The molecule has 0 aliphatic carbocycles. The van der Waals surface area contributed by atoms with Gasteiger partial charge in [0.25, 0.3) is 0 Å². The third-order valence-corrected chi connectivity index (χ3v) is 5.21. The van der Waals surface area contributed by atoms with Crippen LogP contribution < -0.4 is 5.32 Å². The van der Waals surface area contributed by atoms with Crippen LogP contribution in [-0.2, 0) is 16.8 Å². The van der Waals surface area contributed by atoms with Crippen LogP contribution >= 0.6 is 0 Å². The summed E-state index contributed by atoms with van der Waals surface area (Å²) in [4.78, 5) is 14.3. The second-order valence-electron chi connectivity index (χ2n) is 6.78. The van der Waals surface area contributed by atoms with Crippen LogP contribution in [0.1, 0.15) is 24.0 Å². The zero-order valence-electron chi connectivity index (χ0n) is 14.0. The second-order valence-corrected chi connectivity index (χ2v) is 6.78. The molecule has 2 heterocycles. The monoisotopic (exact) mass is 340 g/mol. The largest absolute Gasteiger partial charge is 0.438 e. The van der Waals surface area contributed by atoms with Crippen molar-refractivity contribution in [1.29, 1.82) is 0 Å². The Morgan fingerprint density at radius 2 is 1.92 bits per heavy atom. The molecule has 1 saturated heterocycles. The van der Waals surface area contributed by atoms with Gasteiger partial charge in [-0.25, -0.2) is 9.18 Å². The highest BCUT2D eigenvalue weighted by Crippen LogP contribution is 2.43. The van der Waals surface area contributed by atoms with Crippen molar-refractivity contribution >= 4 is 11.8 Å². The van der Waals surface area contributed by atoms with E-state index >= 15 is 0 Å². The Balaban J connectivity index is 1.42. The fraction of sp³-hybridized carbons (Fsp3) is 0.350. The van der Waals surface area contributed by atoms with Crippen LogP contribution in [0.3, 0.4) is 0 Å². The maximum absolute atomic E-state index is 13.3. The molecule has 130 valence electrons. The summed E-state index contributed by atoms with van der Waals surface area (Å²) >= 11 is 0. The number of nitrogens with zero attached hydrogens (tertiary/aromatic N) is 1. The molecular weight excluding hydrogens is 319 g/mol. The predicted molar refractivity (Wildman–Crippen MR) is 94.0 cm³/mol. The number of halogens is 1. The maximum Gasteiger partial charge on any atom is 0.412 e. The van der Waals surface area contributed by atoms with Crippen molar-refractivity contribution in [1.82, 2.24) is 4.90 Å². The fourth-order valence-electron chi connectivity index (χ4n) is 3.85. The van der Waals surface area contributed by atoms with Gasteiger partial charge in [0.2, 0.25) is 0 Å². The lowest BCUT2D eigenvalue weighted by Gasteiger charge is -2.44. The Morgan fingerprint density at radius 1 is 1.12 bits per heavy atom. The number of fused-ring (bicyclic) bond motifs is 2. The highest BCUT2D eigenvalue weighted by Gasteiger charge is 2.44. The molecule has 25 heavy (non-hydrogen) atoms. The van der Waals surface area contributed by atoms with Gasteiger partial charge in [-0.1, -0.05) is 30.3 Å². The first kappa shape index (κ1) is 16.1. The number of carbonyl (C=O) groups excluding carboxylic acids is 1. The van der Waals surface area contributed by atoms with Gasteiger partial charge in [-0.2, -0.15) is 0 Å². The van der Waals surface area contributed by atoms with Crippen molar-refractivity contribution in [3.63, 3.8) is 0 Å². The standard InChI is InChI=1S/C20H21FN2O2/c21-16-5-3-4-15(14-16)8-11-23-12-9-20(10-13-23)17-6-1-2-7-18(17)22-19(24)25-20/h1-7,14H,8-13H2,(H,22,24). The third kappa shape index (κ3) is 3.24. The molecule has 2 aliphatic rings. The van der Waals surface area contributed by atoms with E-state index in [1.807, 2.05) is 30.3 Å². The normalized spacial score (nSPS) is 19.2. The minimum atomic E-state index is -0.520. The van der Waals surface area contributed by atoms with Gasteiger partial charge >= 0.3 is 6.09 Å². The molecule has 1 fully saturated rings. The van der Waals surface area contributed by atoms with Gasteiger partial charge < -0.3 is 9.64 Å². The molecule has 1 spiro atoms. The Kier molecular flexibility index (Phi) is 4.17. The van der Waals surface area contributed by atoms with E-state index in [1.165, 1.54) is 6.07 Å². The van der Waals surface area contributed by atoms with Crippen molar-refractivity contribution in [2.45, 2.75) is 24.9 Å². The average Bonchev–Trinajstić information content (AvgIpc) is 2.61. The van der Waals surface area contributed by atoms with Crippen LogP contribution in [0.15, 0.2) is 48.5 Å². The molecule has 0 unspecified atom stereocenters. The summed E-state index contributed by atoms with van der Waals surface area (Å²) in [6.07, 6.45) is 2.01. The highest BCUT2D eigenvalue weighted by molar-refractivity contribution is 5.88. The molecule has 0 atom stereocenters. The van der Waals surface area contributed by atoms with Crippen molar-refractivity contribution in [3.8, 4) is 0 Å². The third-order valence-electron chi connectivity index (χ3n) is 5.21. The van der Waals surface area contributed by atoms with Crippen molar-refractivity contribution < 1.29 is 13.9 Å². The smallest absolute Gasteiger partial charge is 0.412 e. The fourth-order valence-corrected chi connectivity index (χ4v) is 3.85. The number of rotatable bonds is 3. The number of benzene rings is 2. The van der Waals surface area contributed by atoms with Crippen molar-refractivity contribution in [3.05, 3.63) is 65.5 Å². The van der Waals surface area contributed by atoms with E-state index in [9.17, 15) is 9.18 Å². The molecule has 0 aromatic heterocycles. The number of anilines is 1. The summed E-state index contributed by atoms with van der Waals surface area (Å²) in [5, 5.41) is 2.78. The van der Waals surface area contributed by atoms with Crippen LogP contribution in [0.2, 0.25) is 0 Å². The lowest BCUT2D eigenvalue weighted by molar-refractivity contribution is -0.0375. The molecule has 0 saturated carbocycles. The number of likely N-dealkylation sites (tertiary alicyclic amines) is 1. The summed E-state index contributed by atoms with van der Waals surface area (Å²) in [7, 11) is 0. The van der Waals surface area contributed by atoms with Crippen LogP contribution in [0.5, 0.6) is 0 Å². The topological polar surface area (TPSA) is 41.6 Å². The molecule has 4 rings (SSSR count). The SMILES string of the molecule is O=C1Nc2ccccc2C2(CCN(CCc3cccc(F)c3)CC2)O1. The summed E-state index contributed by atoms with van der Waals surface area (Å²) in [6.45, 7) is 2.60. The number of hydrogen-bond acceptors (Lipinski definition) is 3. The molecule has 2 aliphatic heterocycles. The number of ether oxygens (including phenoxy) is 1. The summed E-state index contributed by atoms with van der Waals surface area (Å²) in [5.41, 5.74) is 2.42. The van der Waals surface area contributed by atoms with Crippen molar-refractivity contribution in [2.24, 2.45) is 0 Å². The second kappa shape index (κ2) is 6.48. The van der Waals surface area contributed by atoms with E-state index < -0.39 is 5.60 Å². The first-order valence-electron chi connectivity index (χ1n) is 8.71. The number of piperidine rings is 1. The average molecular weight is 340 g/mol. The van der Waals surface area contributed by atoms with Gasteiger partial charge in [-0.15, -0.1) is 0 Å². The number of para-hydroxylation sites is 1. The van der Waals surface area contributed by atoms with E-state index in [-0.39, 0.29) is 11.9 Å². The Labute approximate surface area is 146 Å². The van der Waals surface area contributed by atoms with Gasteiger partial charge in [-0.3, -0.25) is 5.32 Å². The lowest BCUT2D eigenvalue weighted by Crippen LogP contribution is -2.48. The molecule has 0 bridgehead atoms. The van der Waals surface area contributed by atoms with Crippen LogP contribution in [0.25, 0.3) is 0 Å². The summed E-state index contributed by atoms with van der Waals surface area (Å²) < 4.78 is 19.0. The number of amides is 1. The molecule has 1 amide bonds. The van der Waals surface area contributed by atoms with Crippen LogP contribution in [0.4, 0.5) is 14.9 Å². The molecule has 1 N–H and O–H groups in total. The Hall–Kier alpha value is -2.40. The Bertz CT molecular complexity index is 785. The molecule has 5 heteroatoms. The van der Waals surface area contributed by atoms with Gasteiger partial charge in [0.15, 0.2) is 0 Å². The van der Waals surface area contributed by atoms with Gasteiger partial charge in [-0.05, 0) is 30.2 Å². The van der Waals surface area contributed by atoms with Gasteiger partial charge in [0.05, 0.1) is 5.69 Å². The van der Waals surface area contributed by atoms with Crippen LogP contribution in [0, 0.1) is 5.82 Å². The zero-order chi connectivity index (χ0) is 17.3. The summed E-state index contributed by atoms with van der Waals surface area (Å²) in [6, 6.07) is 14.6. The molecule has 2 aromatic carbocycles.